The van der Waals surface area contributed by atoms with E-state index in [0.29, 0.717) is 0 Å². The quantitative estimate of drug-likeness (QED) is 0.919. The van der Waals surface area contributed by atoms with Crippen LogP contribution in [0.2, 0.25) is 0 Å². The number of alkyl halides is 3. The van der Waals surface area contributed by atoms with Crippen LogP contribution in [-0.4, -0.2) is 45.5 Å². The number of aromatic carboxylic acids is 1. The SMILES string of the molecule is CC(C)(C)OC(=O)N(CC(F)(F)F)c1cnc(C(=O)O)cn1. The minimum Gasteiger partial charge on any atom is -0.476 e. The standard InChI is InChI=1S/C12H14F3N3O4/c1-11(2,3)22-10(21)18(6-12(13,14)15)8-5-16-7(4-17-8)9(19)20/h4-5H,6H2,1-3H3,(H,19,20). The van der Waals surface area contributed by atoms with Crippen LogP contribution in [0, 0.1) is 0 Å². The van der Waals surface area contributed by atoms with Crippen LogP contribution in [0.5, 0.6) is 0 Å². The molecule has 1 rings (SSSR count). The molecule has 0 fully saturated rings. The average Bonchev–Trinajstić information content (AvgIpc) is 2.33. The first-order valence-corrected chi connectivity index (χ1v) is 6.02. The summed E-state index contributed by atoms with van der Waals surface area (Å²) in [5, 5.41) is 8.68. The third-order valence-electron chi connectivity index (χ3n) is 2.09. The summed E-state index contributed by atoms with van der Waals surface area (Å²) >= 11 is 0. The van der Waals surface area contributed by atoms with Crippen LogP contribution in [0.25, 0.3) is 0 Å². The Bertz CT molecular complexity index is 552. The highest BCUT2D eigenvalue weighted by molar-refractivity contribution is 5.88. The summed E-state index contributed by atoms with van der Waals surface area (Å²) < 4.78 is 42.7. The van der Waals surface area contributed by atoms with E-state index < -0.39 is 41.9 Å². The zero-order valence-electron chi connectivity index (χ0n) is 12.0. The average molecular weight is 321 g/mol. The molecule has 122 valence electrons. The minimum atomic E-state index is -4.69. The number of carbonyl (C=O) groups is 2. The van der Waals surface area contributed by atoms with Gasteiger partial charge in [0.1, 0.15) is 12.1 Å². The zero-order valence-corrected chi connectivity index (χ0v) is 12.0. The van der Waals surface area contributed by atoms with Gasteiger partial charge in [-0.2, -0.15) is 13.2 Å². The molecule has 0 bridgehead atoms. The molecule has 7 nitrogen and oxygen atoms in total. The molecule has 0 aliphatic carbocycles. The van der Waals surface area contributed by atoms with Crippen molar-refractivity contribution in [1.82, 2.24) is 9.97 Å². The molecule has 0 saturated heterocycles. The van der Waals surface area contributed by atoms with Gasteiger partial charge in [-0.15, -0.1) is 0 Å². The normalized spacial score (nSPS) is 11.9. The molecule has 0 aliphatic rings. The van der Waals surface area contributed by atoms with Crippen molar-refractivity contribution in [3.63, 3.8) is 0 Å². The second-order valence-electron chi connectivity index (χ2n) is 5.25. The van der Waals surface area contributed by atoms with Gasteiger partial charge in [-0.3, -0.25) is 4.90 Å². The van der Waals surface area contributed by atoms with Gasteiger partial charge in [0.05, 0.1) is 12.4 Å². The first kappa shape index (κ1) is 17.7. The molecule has 1 amide bonds. The van der Waals surface area contributed by atoms with E-state index in [4.69, 9.17) is 9.84 Å². The molecule has 0 aliphatic heterocycles. The molecule has 1 aromatic heterocycles. The van der Waals surface area contributed by atoms with Gasteiger partial charge in [0.25, 0.3) is 0 Å². The highest BCUT2D eigenvalue weighted by Crippen LogP contribution is 2.22. The Kier molecular flexibility index (Phi) is 4.94. The van der Waals surface area contributed by atoms with E-state index >= 15 is 0 Å². The molecule has 0 atom stereocenters. The number of hydrogen-bond acceptors (Lipinski definition) is 5. The van der Waals surface area contributed by atoms with Crippen LogP contribution in [0.4, 0.5) is 23.8 Å². The summed E-state index contributed by atoms with van der Waals surface area (Å²) in [5.41, 5.74) is -1.46. The number of amides is 1. The molecule has 10 heteroatoms. The lowest BCUT2D eigenvalue weighted by Gasteiger charge is -2.27. The van der Waals surface area contributed by atoms with Crippen LogP contribution in [0.1, 0.15) is 31.3 Å². The van der Waals surface area contributed by atoms with Crippen molar-refractivity contribution in [3.05, 3.63) is 18.1 Å². The first-order chi connectivity index (χ1) is 9.89. The van der Waals surface area contributed by atoms with E-state index in [0.717, 1.165) is 12.4 Å². The predicted octanol–water partition coefficient (Wildman–Crippen LogP) is 2.48. The molecular weight excluding hydrogens is 307 g/mol. The Morgan fingerprint density at radius 1 is 1.23 bits per heavy atom. The van der Waals surface area contributed by atoms with Crippen molar-refractivity contribution in [2.75, 3.05) is 11.4 Å². The highest BCUT2D eigenvalue weighted by atomic mass is 19.4. The van der Waals surface area contributed by atoms with Crippen LogP contribution in [0.3, 0.4) is 0 Å². The van der Waals surface area contributed by atoms with Crippen LogP contribution in [0.15, 0.2) is 12.4 Å². The third kappa shape index (κ3) is 5.54. The van der Waals surface area contributed by atoms with Crippen molar-refractivity contribution in [1.29, 1.82) is 0 Å². The van der Waals surface area contributed by atoms with Gasteiger partial charge in [0, 0.05) is 0 Å². The fourth-order valence-electron chi connectivity index (χ4n) is 1.31. The zero-order chi connectivity index (χ0) is 17.1. The van der Waals surface area contributed by atoms with Gasteiger partial charge < -0.3 is 9.84 Å². The maximum atomic E-state index is 12.6. The summed E-state index contributed by atoms with van der Waals surface area (Å²) in [4.78, 5) is 29.7. The van der Waals surface area contributed by atoms with E-state index in [1.165, 1.54) is 20.8 Å². The van der Waals surface area contributed by atoms with Gasteiger partial charge >= 0.3 is 18.2 Å². The summed E-state index contributed by atoms with van der Waals surface area (Å²) in [5.74, 6) is -1.85. The van der Waals surface area contributed by atoms with Crippen molar-refractivity contribution in [2.24, 2.45) is 0 Å². The van der Waals surface area contributed by atoms with Crippen LogP contribution >= 0.6 is 0 Å². The number of nitrogens with zero attached hydrogens (tertiary/aromatic N) is 3. The first-order valence-electron chi connectivity index (χ1n) is 6.02. The molecule has 0 unspecified atom stereocenters. The number of carboxylic acid groups (broad SMARTS) is 1. The minimum absolute atomic E-state index is 0.240. The second-order valence-corrected chi connectivity index (χ2v) is 5.25. The Labute approximate surface area is 123 Å². The number of hydrogen-bond donors (Lipinski definition) is 1. The largest absolute Gasteiger partial charge is 0.476 e. The van der Waals surface area contributed by atoms with E-state index in [9.17, 15) is 22.8 Å². The summed E-state index contributed by atoms with van der Waals surface area (Å²) in [6.07, 6.45) is -4.43. The maximum absolute atomic E-state index is 12.6. The lowest BCUT2D eigenvalue weighted by molar-refractivity contribution is -0.119. The van der Waals surface area contributed by atoms with Crippen LogP contribution < -0.4 is 4.90 Å². The number of anilines is 1. The number of carboxylic acids is 1. The topological polar surface area (TPSA) is 92.6 Å². The number of rotatable bonds is 3. The summed E-state index contributed by atoms with van der Waals surface area (Å²) in [6.45, 7) is 2.85. The van der Waals surface area contributed by atoms with Gasteiger partial charge in [-0.1, -0.05) is 0 Å². The monoisotopic (exact) mass is 321 g/mol. The van der Waals surface area contributed by atoms with E-state index in [2.05, 4.69) is 9.97 Å². The molecule has 1 heterocycles. The third-order valence-corrected chi connectivity index (χ3v) is 2.09. The number of halogens is 3. The Morgan fingerprint density at radius 2 is 1.82 bits per heavy atom. The van der Waals surface area contributed by atoms with Crippen molar-refractivity contribution in [2.45, 2.75) is 32.5 Å². The molecule has 0 saturated carbocycles. The molecule has 1 N–H and O–H groups in total. The smallest absolute Gasteiger partial charge is 0.416 e. The molecule has 22 heavy (non-hydrogen) atoms. The Balaban J connectivity index is 3.09. The molecule has 0 aromatic carbocycles. The summed E-state index contributed by atoms with van der Waals surface area (Å²) in [7, 11) is 0. The second kappa shape index (κ2) is 6.16. The molecule has 0 radical (unpaired) electrons. The molecular formula is C12H14F3N3O4. The number of aromatic nitrogens is 2. The van der Waals surface area contributed by atoms with Crippen molar-refractivity contribution < 1.29 is 32.6 Å². The number of ether oxygens (including phenoxy) is 1. The fourth-order valence-corrected chi connectivity index (χ4v) is 1.31. The van der Waals surface area contributed by atoms with Gasteiger partial charge in [-0.05, 0) is 20.8 Å². The number of carbonyl (C=O) groups excluding carboxylic acids is 1. The van der Waals surface area contributed by atoms with Gasteiger partial charge in [0.15, 0.2) is 11.5 Å². The predicted molar refractivity (Wildman–Crippen MR) is 68.6 cm³/mol. The van der Waals surface area contributed by atoms with Gasteiger partial charge in [-0.25, -0.2) is 19.6 Å². The highest BCUT2D eigenvalue weighted by Gasteiger charge is 2.36. The van der Waals surface area contributed by atoms with Gasteiger partial charge in [0.2, 0.25) is 0 Å². The Morgan fingerprint density at radius 3 is 2.18 bits per heavy atom. The van der Waals surface area contributed by atoms with Crippen LogP contribution in [-0.2, 0) is 4.74 Å². The van der Waals surface area contributed by atoms with Crippen molar-refractivity contribution in [3.8, 4) is 0 Å². The lowest BCUT2D eigenvalue weighted by atomic mass is 10.2. The van der Waals surface area contributed by atoms with E-state index in [1.54, 1.807) is 0 Å². The molecule has 1 aromatic rings. The summed E-state index contributed by atoms with van der Waals surface area (Å²) in [6, 6.07) is 0. The van der Waals surface area contributed by atoms with E-state index in [-0.39, 0.29) is 4.90 Å². The lowest BCUT2D eigenvalue weighted by Crippen LogP contribution is -2.42. The van der Waals surface area contributed by atoms with Crippen molar-refractivity contribution >= 4 is 17.9 Å². The Hall–Kier alpha value is -2.39. The fraction of sp³-hybridized carbons (Fsp3) is 0.500. The van der Waals surface area contributed by atoms with E-state index in [1.807, 2.05) is 0 Å². The maximum Gasteiger partial charge on any atom is 0.416 e. The molecule has 0 spiro atoms.